The number of nitro benzene ring substituents is 1. The van der Waals surface area contributed by atoms with Gasteiger partial charge in [0, 0.05) is 13.1 Å². The van der Waals surface area contributed by atoms with Crippen molar-refractivity contribution in [2.75, 3.05) is 12.4 Å². The van der Waals surface area contributed by atoms with E-state index < -0.39 is 20.6 Å². The fourth-order valence-corrected chi connectivity index (χ4v) is 3.75. The van der Waals surface area contributed by atoms with Gasteiger partial charge < -0.3 is 5.32 Å². The standard InChI is InChI=1S/C12H17N3O4S/c1-3-8-7-10(8)14-20(18,19)11-6-4-5-9(13-2)12(11)15(16)17/h4-6,8,10,13-14H,3,7H2,1-2H3. The molecule has 1 aromatic rings. The first-order chi connectivity index (χ1) is 9.40. The Morgan fingerprint density at radius 2 is 2.15 bits per heavy atom. The Morgan fingerprint density at radius 3 is 2.65 bits per heavy atom. The number of hydrogen-bond acceptors (Lipinski definition) is 5. The van der Waals surface area contributed by atoms with Gasteiger partial charge in [-0.1, -0.05) is 19.4 Å². The molecule has 2 rings (SSSR count). The molecule has 0 aliphatic heterocycles. The highest BCUT2D eigenvalue weighted by Crippen LogP contribution is 2.36. The van der Waals surface area contributed by atoms with Gasteiger partial charge in [-0.2, -0.15) is 0 Å². The van der Waals surface area contributed by atoms with Crippen molar-refractivity contribution in [2.24, 2.45) is 5.92 Å². The Balaban J connectivity index is 2.39. The predicted molar refractivity (Wildman–Crippen MR) is 75.2 cm³/mol. The largest absolute Gasteiger partial charge is 0.383 e. The summed E-state index contributed by atoms with van der Waals surface area (Å²) in [5.74, 6) is 0.330. The minimum Gasteiger partial charge on any atom is -0.383 e. The fourth-order valence-electron chi connectivity index (χ4n) is 2.24. The van der Waals surface area contributed by atoms with Crippen LogP contribution in [0.1, 0.15) is 19.8 Å². The van der Waals surface area contributed by atoms with Crippen LogP contribution in [0.5, 0.6) is 0 Å². The summed E-state index contributed by atoms with van der Waals surface area (Å²) >= 11 is 0. The van der Waals surface area contributed by atoms with E-state index in [1.165, 1.54) is 25.2 Å². The maximum atomic E-state index is 12.3. The normalized spacial score (nSPS) is 21.5. The van der Waals surface area contributed by atoms with Gasteiger partial charge in [-0.3, -0.25) is 10.1 Å². The Bertz CT molecular complexity index is 630. The molecule has 7 nitrogen and oxygen atoms in total. The second kappa shape index (κ2) is 5.37. The Labute approximate surface area is 117 Å². The van der Waals surface area contributed by atoms with E-state index in [0.29, 0.717) is 5.92 Å². The first-order valence-corrected chi connectivity index (χ1v) is 7.86. The predicted octanol–water partition coefficient (Wildman–Crippen LogP) is 1.71. The van der Waals surface area contributed by atoms with Crippen molar-refractivity contribution >= 4 is 21.4 Å². The number of benzene rings is 1. The van der Waals surface area contributed by atoms with E-state index in [4.69, 9.17) is 0 Å². The lowest BCUT2D eigenvalue weighted by molar-refractivity contribution is -0.386. The van der Waals surface area contributed by atoms with Gasteiger partial charge in [-0.25, -0.2) is 13.1 Å². The van der Waals surface area contributed by atoms with E-state index in [1.54, 1.807) is 0 Å². The lowest BCUT2D eigenvalue weighted by atomic mass is 10.3. The van der Waals surface area contributed by atoms with Crippen LogP contribution in [0, 0.1) is 16.0 Å². The van der Waals surface area contributed by atoms with Crippen molar-refractivity contribution < 1.29 is 13.3 Å². The van der Waals surface area contributed by atoms with Crippen LogP contribution in [0.2, 0.25) is 0 Å². The third kappa shape index (κ3) is 2.75. The van der Waals surface area contributed by atoms with Crippen LogP contribution in [0.25, 0.3) is 0 Å². The molecule has 20 heavy (non-hydrogen) atoms. The summed E-state index contributed by atoms with van der Waals surface area (Å²) in [6.45, 7) is 1.99. The summed E-state index contributed by atoms with van der Waals surface area (Å²) < 4.78 is 27.1. The van der Waals surface area contributed by atoms with Crippen LogP contribution in [0.15, 0.2) is 23.1 Å². The number of anilines is 1. The highest BCUT2D eigenvalue weighted by Gasteiger charge is 2.40. The summed E-state index contributed by atoms with van der Waals surface area (Å²) in [4.78, 5) is 10.2. The zero-order valence-corrected chi connectivity index (χ0v) is 12.1. The van der Waals surface area contributed by atoms with Crippen molar-refractivity contribution in [3.63, 3.8) is 0 Å². The number of para-hydroxylation sites is 1. The van der Waals surface area contributed by atoms with Crippen LogP contribution in [-0.2, 0) is 10.0 Å². The molecule has 1 aliphatic carbocycles. The second-order valence-electron chi connectivity index (χ2n) is 4.79. The van der Waals surface area contributed by atoms with E-state index in [-0.39, 0.29) is 16.6 Å². The fraction of sp³-hybridized carbons (Fsp3) is 0.500. The molecule has 0 bridgehead atoms. The van der Waals surface area contributed by atoms with Gasteiger partial charge in [-0.15, -0.1) is 0 Å². The van der Waals surface area contributed by atoms with Gasteiger partial charge >= 0.3 is 5.69 Å². The summed E-state index contributed by atoms with van der Waals surface area (Å²) in [6, 6.07) is 4.11. The average molecular weight is 299 g/mol. The average Bonchev–Trinajstić information content (AvgIpc) is 3.15. The monoisotopic (exact) mass is 299 g/mol. The number of hydrogen-bond donors (Lipinski definition) is 2. The zero-order valence-electron chi connectivity index (χ0n) is 11.3. The van der Waals surface area contributed by atoms with Gasteiger partial charge in [0.2, 0.25) is 10.0 Å². The summed E-state index contributed by atoms with van der Waals surface area (Å²) in [6.07, 6.45) is 1.68. The molecule has 1 aromatic carbocycles. The molecule has 2 N–H and O–H groups in total. The number of rotatable bonds is 6. The molecule has 1 fully saturated rings. The molecule has 0 radical (unpaired) electrons. The molecule has 0 amide bonds. The summed E-state index contributed by atoms with van der Waals surface area (Å²) in [5.41, 5.74) is -0.239. The number of nitrogens with one attached hydrogen (secondary N) is 2. The molecule has 8 heteroatoms. The van der Waals surface area contributed by atoms with Crippen molar-refractivity contribution in [2.45, 2.75) is 30.7 Å². The third-order valence-electron chi connectivity index (χ3n) is 3.49. The lowest BCUT2D eigenvalue weighted by Crippen LogP contribution is -2.27. The summed E-state index contributed by atoms with van der Waals surface area (Å²) in [7, 11) is -2.37. The van der Waals surface area contributed by atoms with Gasteiger partial charge in [0.05, 0.1) is 4.92 Å². The molecule has 0 heterocycles. The SMILES string of the molecule is CCC1CC1NS(=O)(=O)c1cccc(NC)c1[N+](=O)[O-]. The molecule has 0 saturated heterocycles. The first kappa shape index (κ1) is 14.7. The van der Waals surface area contributed by atoms with Crippen molar-refractivity contribution in [3.8, 4) is 0 Å². The number of sulfonamides is 1. The lowest BCUT2D eigenvalue weighted by Gasteiger charge is -2.09. The molecule has 1 saturated carbocycles. The minimum atomic E-state index is -3.88. The molecule has 110 valence electrons. The Kier molecular flexibility index (Phi) is 3.96. The van der Waals surface area contributed by atoms with Gasteiger partial charge in [0.15, 0.2) is 4.90 Å². The van der Waals surface area contributed by atoms with Crippen LogP contribution < -0.4 is 10.0 Å². The molecule has 0 spiro atoms. The quantitative estimate of drug-likeness (QED) is 0.615. The van der Waals surface area contributed by atoms with Gasteiger partial charge in [0.25, 0.3) is 0 Å². The van der Waals surface area contributed by atoms with Crippen molar-refractivity contribution in [1.82, 2.24) is 4.72 Å². The maximum absolute atomic E-state index is 12.3. The second-order valence-corrected chi connectivity index (χ2v) is 6.47. The highest BCUT2D eigenvalue weighted by molar-refractivity contribution is 7.89. The van der Waals surface area contributed by atoms with Crippen molar-refractivity contribution in [3.05, 3.63) is 28.3 Å². The first-order valence-electron chi connectivity index (χ1n) is 6.38. The maximum Gasteiger partial charge on any atom is 0.312 e. The van der Waals surface area contributed by atoms with E-state index in [1.807, 2.05) is 6.92 Å². The van der Waals surface area contributed by atoms with E-state index >= 15 is 0 Å². The molecule has 1 aliphatic rings. The topological polar surface area (TPSA) is 101 Å². The van der Waals surface area contributed by atoms with Crippen LogP contribution >= 0.6 is 0 Å². The van der Waals surface area contributed by atoms with Crippen LogP contribution in [0.3, 0.4) is 0 Å². The van der Waals surface area contributed by atoms with Gasteiger partial charge in [-0.05, 0) is 24.5 Å². The molecular weight excluding hydrogens is 282 g/mol. The van der Waals surface area contributed by atoms with E-state index in [9.17, 15) is 18.5 Å². The molecule has 2 unspecified atom stereocenters. The molecule has 2 atom stereocenters. The smallest absolute Gasteiger partial charge is 0.312 e. The zero-order chi connectivity index (χ0) is 14.9. The van der Waals surface area contributed by atoms with Crippen LogP contribution in [0.4, 0.5) is 11.4 Å². The van der Waals surface area contributed by atoms with Gasteiger partial charge in [0.1, 0.15) is 5.69 Å². The molecular formula is C12H17N3O4S. The van der Waals surface area contributed by atoms with Crippen LogP contribution in [-0.4, -0.2) is 26.4 Å². The van der Waals surface area contributed by atoms with Crippen molar-refractivity contribution in [1.29, 1.82) is 0 Å². The number of nitro groups is 1. The molecule has 0 aromatic heterocycles. The Hall–Kier alpha value is -1.67. The third-order valence-corrected chi connectivity index (χ3v) is 5.02. The Morgan fingerprint density at radius 1 is 1.45 bits per heavy atom. The highest BCUT2D eigenvalue weighted by atomic mass is 32.2. The van der Waals surface area contributed by atoms with E-state index in [0.717, 1.165) is 12.8 Å². The summed E-state index contributed by atoms with van der Waals surface area (Å²) in [5, 5.41) is 13.8. The minimum absolute atomic E-state index is 0.108. The number of nitrogens with zero attached hydrogens (tertiary/aromatic N) is 1. The van der Waals surface area contributed by atoms with E-state index in [2.05, 4.69) is 10.0 Å².